The van der Waals surface area contributed by atoms with Crippen molar-refractivity contribution in [1.29, 1.82) is 0 Å². The standard InChI is InChI=1S/C22H21N3O3S/c1-14-6-5-8-16(10-14)23-20(26)19-12-29-13-25(19)22(27)18-11-15-7-3-4-9-17(15)21(24-18)28-2/h3-11,19H,12-13H2,1-2H3,(H,23,26). The molecule has 2 amide bonds. The van der Waals surface area contributed by atoms with Gasteiger partial charge in [0.25, 0.3) is 5.91 Å². The second kappa shape index (κ2) is 8.13. The zero-order valence-corrected chi connectivity index (χ0v) is 17.0. The molecule has 1 aromatic heterocycles. The molecule has 0 saturated carbocycles. The number of pyridine rings is 1. The van der Waals surface area contributed by atoms with E-state index in [4.69, 9.17) is 4.74 Å². The predicted octanol–water partition coefficient (Wildman–Crippen LogP) is 3.71. The van der Waals surface area contributed by atoms with Gasteiger partial charge in [-0.25, -0.2) is 4.98 Å². The van der Waals surface area contributed by atoms with E-state index in [-0.39, 0.29) is 17.5 Å². The SMILES string of the molecule is COc1nc(C(=O)N2CSCC2C(=O)Nc2cccc(C)c2)cc2ccccc12. The van der Waals surface area contributed by atoms with Gasteiger partial charge in [-0.05, 0) is 42.1 Å². The number of carbonyl (C=O) groups is 2. The molecule has 29 heavy (non-hydrogen) atoms. The number of ether oxygens (including phenoxy) is 1. The van der Waals surface area contributed by atoms with Gasteiger partial charge in [0.05, 0.1) is 13.0 Å². The molecule has 7 heteroatoms. The highest BCUT2D eigenvalue weighted by atomic mass is 32.2. The smallest absolute Gasteiger partial charge is 0.274 e. The largest absolute Gasteiger partial charge is 0.481 e. The number of thioether (sulfide) groups is 1. The van der Waals surface area contributed by atoms with E-state index in [0.29, 0.717) is 17.5 Å². The summed E-state index contributed by atoms with van der Waals surface area (Å²) in [5.41, 5.74) is 2.06. The molecule has 6 nitrogen and oxygen atoms in total. The van der Waals surface area contributed by atoms with Crippen LogP contribution in [0.2, 0.25) is 0 Å². The average Bonchev–Trinajstić information content (AvgIpc) is 3.22. The maximum atomic E-state index is 13.2. The van der Waals surface area contributed by atoms with Gasteiger partial charge < -0.3 is 15.0 Å². The zero-order valence-electron chi connectivity index (χ0n) is 16.2. The monoisotopic (exact) mass is 407 g/mol. The first-order valence-electron chi connectivity index (χ1n) is 9.27. The molecule has 0 bridgehead atoms. The van der Waals surface area contributed by atoms with E-state index in [2.05, 4.69) is 10.3 Å². The Labute approximate surface area is 173 Å². The van der Waals surface area contributed by atoms with Gasteiger partial charge in [-0.1, -0.05) is 30.3 Å². The molecule has 1 fully saturated rings. The highest BCUT2D eigenvalue weighted by Gasteiger charge is 2.36. The fraction of sp³-hybridized carbons (Fsp3) is 0.227. The molecule has 1 saturated heterocycles. The number of fused-ring (bicyclic) bond motifs is 1. The molecule has 1 N–H and O–H groups in total. The van der Waals surface area contributed by atoms with Gasteiger partial charge in [-0.15, -0.1) is 11.8 Å². The van der Waals surface area contributed by atoms with E-state index in [1.807, 2.05) is 55.5 Å². The highest BCUT2D eigenvalue weighted by molar-refractivity contribution is 7.99. The summed E-state index contributed by atoms with van der Waals surface area (Å²) in [5.74, 6) is 0.930. The van der Waals surface area contributed by atoms with Crippen LogP contribution in [0.15, 0.2) is 54.6 Å². The van der Waals surface area contributed by atoms with Crippen LogP contribution in [-0.4, -0.2) is 46.5 Å². The van der Waals surface area contributed by atoms with E-state index in [0.717, 1.165) is 22.0 Å². The third-order valence-corrected chi connectivity index (χ3v) is 5.86. The van der Waals surface area contributed by atoms with Crippen molar-refractivity contribution >= 4 is 40.0 Å². The van der Waals surface area contributed by atoms with Crippen LogP contribution in [0.4, 0.5) is 5.69 Å². The number of rotatable bonds is 4. The van der Waals surface area contributed by atoms with E-state index in [1.165, 1.54) is 7.11 Å². The number of aromatic nitrogens is 1. The lowest BCUT2D eigenvalue weighted by molar-refractivity contribution is -0.119. The van der Waals surface area contributed by atoms with Crippen LogP contribution < -0.4 is 10.1 Å². The third-order valence-electron chi connectivity index (χ3n) is 4.85. The number of methoxy groups -OCH3 is 1. The molecular weight excluding hydrogens is 386 g/mol. The molecular formula is C22H21N3O3S. The molecule has 2 heterocycles. The normalized spacial score (nSPS) is 16.1. The Morgan fingerprint density at radius 3 is 2.79 bits per heavy atom. The lowest BCUT2D eigenvalue weighted by Crippen LogP contribution is -2.44. The summed E-state index contributed by atoms with van der Waals surface area (Å²) in [7, 11) is 1.53. The molecule has 1 aliphatic rings. The lowest BCUT2D eigenvalue weighted by atomic mass is 10.1. The second-order valence-electron chi connectivity index (χ2n) is 6.89. The fourth-order valence-corrected chi connectivity index (χ4v) is 4.54. The molecule has 0 aliphatic carbocycles. The fourth-order valence-electron chi connectivity index (χ4n) is 3.39. The Balaban J connectivity index is 1.59. The van der Waals surface area contributed by atoms with Crippen molar-refractivity contribution in [3.63, 3.8) is 0 Å². The van der Waals surface area contributed by atoms with Gasteiger partial charge in [0.15, 0.2) is 0 Å². The van der Waals surface area contributed by atoms with E-state index >= 15 is 0 Å². The number of nitrogens with zero attached hydrogens (tertiary/aromatic N) is 2. The van der Waals surface area contributed by atoms with Gasteiger partial charge in [-0.3, -0.25) is 9.59 Å². The Hall–Kier alpha value is -3.06. The number of amides is 2. The lowest BCUT2D eigenvalue weighted by Gasteiger charge is -2.23. The summed E-state index contributed by atoms with van der Waals surface area (Å²) in [6.45, 7) is 1.97. The first kappa shape index (κ1) is 19.3. The van der Waals surface area contributed by atoms with Crippen LogP contribution in [0, 0.1) is 6.92 Å². The van der Waals surface area contributed by atoms with Crippen LogP contribution in [-0.2, 0) is 4.79 Å². The van der Waals surface area contributed by atoms with Crippen molar-refractivity contribution in [2.24, 2.45) is 0 Å². The molecule has 4 rings (SSSR count). The van der Waals surface area contributed by atoms with Crippen molar-refractivity contribution in [1.82, 2.24) is 9.88 Å². The van der Waals surface area contributed by atoms with Crippen LogP contribution in [0.1, 0.15) is 16.1 Å². The number of nitrogens with one attached hydrogen (secondary N) is 1. The Morgan fingerprint density at radius 1 is 1.17 bits per heavy atom. The minimum Gasteiger partial charge on any atom is -0.481 e. The van der Waals surface area contributed by atoms with Gasteiger partial charge in [0.1, 0.15) is 11.7 Å². The summed E-state index contributed by atoms with van der Waals surface area (Å²) < 4.78 is 5.38. The summed E-state index contributed by atoms with van der Waals surface area (Å²) in [6.07, 6.45) is 0. The maximum absolute atomic E-state index is 13.2. The van der Waals surface area contributed by atoms with Crippen molar-refractivity contribution in [3.8, 4) is 5.88 Å². The van der Waals surface area contributed by atoms with Crippen LogP contribution in [0.5, 0.6) is 5.88 Å². The molecule has 1 aliphatic heterocycles. The van der Waals surface area contributed by atoms with E-state index in [9.17, 15) is 9.59 Å². The molecule has 0 radical (unpaired) electrons. The van der Waals surface area contributed by atoms with Gasteiger partial charge in [0, 0.05) is 16.8 Å². The minimum absolute atomic E-state index is 0.193. The van der Waals surface area contributed by atoms with E-state index < -0.39 is 6.04 Å². The molecule has 1 atom stereocenters. The molecule has 3 aromatic rings. The third kappa shape index (κ3) is 3.91. The Morgan fingerprint density at radius 2 is 2.00 bits per heavy atom. The van der Waals surface area contributed by atoms with Crippen LogP contribution in [0.25, 0.3) is 10.8 Å². The van der Waals surface area contributed by atoms with Crippen LogP contribution >= 0.6 is 11.8 Å². The van der Waals surface area contributed by atoms with Gasteiger partial charge in [-0.2, -0.15) is 0 Å². The minimum atomic E-state index is -0.549. The van der Waals surface area contributed by atoms with Crippen molar-refractivity contribution in [3.05, 3.63) is 65.9 Å². The molecule has 1 unspecified atom stereocenters. The summed E-state index contributed by atoms with van der Waals surface area (Å²) >= 11 is 1.55. The molecule has 2 aromatic carbocycles. The number of hydrogen-bond donors (Lipinski definition) is 1. The second-order valence-corrected chi connectivity index (χ2v) is 7.89. The number of hydrogen-bond acceptors (Lipinski definition) is 5. The quantitative estimate of drug-likeness (QED) is 0.714. The first-order valence-corrected chi connectivity index (χ1v) is 10.4. The van der Waals surface area contributed by atoms with Crippen LogP contribution in [0.3, 0.4) is 0 Å². The molecule has 148 valence electrons. The predicted molar refractivity (Wildman–Crippen MR) is 115 cm³/mol. The summed E-state index contributed by atoms with van der Waals surface area (Å²) in [5, 5.41) is 4.64. The van der Waals surface area contributed by atoms with Crippen molar-refractivity contribution in [2.45, 2.75) is 13.0 Å². The highest BCUT2D eigenvalue weighted by Crippen LogP contribution is 2.28. The first-order chi connectivity index (χ1) is 14.1. The average molecular weight is 407 g/mol. The van der Waals surface area contributed by atoms with Gasteiger partial charge >= 0.3 is 0 Å². The number of aryl methyl sites for hydroxylation is 1. The summed E-state index contributed by atoms with van der Waals surface area (Å²) in [4.78, 5) is 32.0. The zero-order chi connectivity index (χ0) is 20.4. The maximum Gasteiger partial charge on any atom is 0.274 e. The van der Waals surface area contributed by atoms with Gasteiger partial charge in [0.2, 0.25) is 11.8 Å². The van der Waals surface area contributed by atoms with Crippen molar-refractivity contribution in [2.75, 3.05) is 24.1 Å². The number of carbonyl (C=O) groups excluding carboxylic acids is 2. The molecule has 0 spiro atoms. The van der Waals surface area contributed by atoms with E-state index in [1.54, 1.807) is 22.7 Å². The Kier molecular flexibility index (Phi) is 5.40. The Bertz CT molecular complexity index is 1090. The number of benzene rings is 2. The summed E-state index contributed by atoms with van der Waals surface area (Å²) in [6, 6.07) is 16.4. The topological polar surface area (TPSA) is 71.5 Å². The van der Waals surface area contributed by atoms with Crippen molar-refractivity contribution < 1.29 is 14.3 Å². The number of anilines is 1.